The van der Waals surface area contributed by atoms with Gasteiger partial charge in [0.15, 0.2) is 6.61 Å². The molecule has 2 rings (SSSR count). The number of carbonyl (C=O) groups is 3. The molecule has 1 heterocycles. The van der Waals surface area contributed by atoms with E-state index in [0.717, 1.165) is 9.50 Å². The Kier molecular flexibility index (Phi) is 8.43. The van der Waals surface area contributed by atoms with Crippen LogP contribution < -0.4 is 5.32 Å². The summed E-state index contributed by atoms with van der Waals surface area (Å²) < 4.78 is 6.05. The fraction of sp³-hybridized carbons (Fsp3) is 0.333. The molecule has 0 unspecified atom stereocenters. The van der Waals surface area contributed by atoms with Crippen molar-refractivity contribution in [2.45, 2.75) is 36.2 Å². The molecule has 9 heteroatoms. The van der Waals surface area contributed by atoms with Crippen molar-refractivity contribution in [2.75, 3.05) is 20.2 Å². The van der Waals surface area contributed by atoms with Crippen LogP contribution in [0.5, 0.6) is 0 Å². The van der Waals surface area contributed by atoms with Gasteiger partial charge in [0.2, 0.25) is 5.91 Å². The zero-order chi connectivity index (χ0) is 22.3. The first-order chi connectivity index (χ1) is 14.0. The number of amides is 2. The van der Waals surface area contributed by atoms with E-state index in [2.05, 4.69) is 26.2 Å². The smallest absolute Gasteiger partial charge is 0.339 e. The van der Waals surface area contributed by atoms with E-state index in [9.17, 15) is 14.4 Å². The minimum atomic E-state index is -0.615. The summed E-state index contributed by atoms with van der Waals surface area (Å²) in [6.07, 6.45) is 1.67. The Morgan fingerprint density at radius 3 is 2.50 bits per heavy atom. The van der Waals surface area contributed by atoms with Crippen LogP contribution in [0, 0.1) is 0 Å². The number of nitrogens with one attached hydrogen (secondary N) is 1. The van der Waals surface area contributed by atoms with Crippen molar-refractivity contribution in [3.05, 3.63) is 52.6 Å². The fourth-order valence-electron chi connectivity index (χ4n) is 2.34. The predicted molar refractivity (Wildman–Crippen MR) is 118 cm³/mol. The van der Waals surface area contributed by atoms with E-state index < -0.39 is 24.0 Å². The molecular formula is C21H24BrN3O4S. The number of likely N-dealkylation sites (N-methyl/N-ethyl adjacent to an activating group) is 1. The molecule has 0 atom stereocenters. The van der Waals surface area contributed by atoms with E-state index in [-0.39, 0.29) is 12.5 Å². The van der Waals surface area contributed by atoms with Gasteiger partial charge in [0.25, 0.3) is 5.91 Å². The third-order valence-corrected chi connectivity index (χ3v) is 5.17. The summed E-state index contributed by atoms with van der Waals surface area (Å²) in [5.74, 6) is -1.36. The summed E-state index contributed by atoms with van der Waals surface area (Å²) in [7, 11) is 1.49. The summed E-state index contributed by atoms with van der Waals surface area (Å²) >= 11 is 4.66. The number of rotatable bonds is 7. The SMILES string of the molecule is CN(CC(=O)NC(C)(C)C)C(=O)COC(=O)c1ccccc1Sc1ccc(Br)cn1. The number of carbonyl (C=O) groups excluding carboxylic acids is 3. The molecule has 0 aliphatic heterocycles. The zero-order valence-electron chi connectivity index (χ0n) is 17.3. The van der Waals surface area contributed by atoms with Crippen LogP contribution in [0.2, 0.25) is 0 Å². The number of ether oxygens (including phenoxy) is 1. The quantitative estimate of drug-likeness (QED) is 0.593. The van der Waals surface area contributed by atoms with Gasteiger partial charge < -0.3 is 15.0 Å². The molecule has 0 fully saturated rings. The zero-order valence-corrected chi connectivity index (χ0v) is 19.7. The van der Waals surface area contributed by atoms with Gasteiger partial charge in [0, 0.05) is 28.2 Å². The number of esters is 1. The van der Waals surface area contributed by atoms with Gasteiger partial charge in [-0.25, -0.2) is 9.78 Å². The first-order valence-corrected chi connectivity index (χ1v) is 10.8. The molecule has 1 aromatic carbocycles. The number of hydrogen-bond acceptors (Lipinski definition) is 6. The summed E-state index contributed by atoms with van der Waals surface area (Å²) in [5, 5.41) is 3.50. The molecule has 7 nitrogen and oxygen atoms in total. The lowest BCUT2D eigenvalue weighted by molar-refractivity contribution is -0.137. The molecule has 2 amide bonds. The van der Waals surface area contributed by atoms with Crippen LogP contribution in [-0.2, 0) is 14.3 Å². The van der Waals surface area contributed by atoms with Crippen LogP contribution in [-0.4, -0.2) is 53.4 Å². The monoisotopic (exact) mass is 493 g/mol. The van der Waals surface area contributed by atoms with Gasteiger partial charge in [0.05, 0.1) is 12.1 Å². The lowest BCUT2D eigenvalue weighted by atomic mass is 10.1. The van der Waals surface area contributed by atoms with Crippen LogP contribution in [0.1, 0.15) is 31.1 Å². The number of pyridine rings is 1. The van der Waals surface area contributed by atoms with E-state index in [4.69, 9.17) is 4.74 Å². The summed E-state index contributed by atoms with van der Waals surface area (Å²) in [6, 6.07) is 10.6. The molecule has 1 aromatic heterocycles. The maximum atomic E-state index is 12.5. The maximum Gasteiger partial charge on any atom is 0.339 e. The van der Waals surface area contributed by atoms with Gasteiger partial charge in [-0.05, 0) is 61.0 Å². The van der Waals surface area contributed by atoms with E-state index in [1.165, 1.54) is 23.7 Å². The lowest BCUT2D eigenvalue weighted by Crippen LogP contribution is -2.46. The van der Waals surface area contributed by atoms with Crippen LogP contribution >= 0.6 is 27.7 Å². The Morgan fingerprint density at radius 2 is 1.87 bits per heavy atom. The molecule has 2 aromatic rings. The topological polar surface area (TPSA) is 88.6 Å². The van der Waals surface area contributed by atoms with Crippen molar-refractivity contribution in [2.24, 2.45) is 0 Å². The lowest BCUT2D eigenvalue weighted by Gasteiger charge is -2.23. The highest BCUT2D eigenvalue weighted by atomic mass is 79.9. The number of nitrogens with zero attached hydrogens (tertiary/aromatic N) is 2. The molecule has 0 saturated carbocycles. The number of halogens is 1. The van der Waals surface area contributed by atoms with Crippen LogP contribution in [0.4, 0.5) is 0 Å². The maximum absolute atomic E-state index is 12.5. The van der Waals surface area contributed by atoms with Gasteiger partial charge in [-0.15, -0.1) is 0 Å². The van der Waals surface area contributed by atoms with Crippen molar-refractivity contribution < 1.29 is 19.1 Å². The second kappa shape index (κ2) is 10.6. The Hall–Kier alpha value is -2.39. The second-order valence-electron chi connectivity index (χ2n) is 7.54. The van der Waals surface area contributed by atoms with Gasteiger partial charge >= 0.3 is 5.97 Å². The number of benzene rings is 1. The first-order valence-electron chi connectivity index (χ1n) is 9.16. The summed E-state index contributed by atoms with van der Waals surface area (Å²) in [6.45, 7) is 5.00. The first kappa shape index (κ1) is 23.9. The standard InChI is InChI=1S/C21H24BrN3O4S/c1-21(2,3)24-17(26)12-25(4)19(27)13-29-20(28)15-7-5-6-8-16(15)30-18-10-9-14(22)11-23-18/h5-11H,12-13H2,1-4H3,(H,24,26). The highest BCUT2D eigenvalue weighted by Crippen LogP contribution is 2.30. The van der Waals surface area contributed by atoms with Gasteiger partial charge in [-0.2, -0.15) is 0 Å². The predicted octanol–water partition coefficient (Wildman–Crippen LogP) is 3.53. The molecule has 0 aliphatic rings. The van der Waals surface area contributed by atoms with E-state index in [0.29, 0.717) is 10.5 Å². The Balaban J connectivity index is 1.95. The normalized spacial score (nSPS) is 11.0. The second-order valence-corrected chi connectivity index (χ2v) is 9.51. The molecule has 0 bridgehead atoms. The van der Waals surface area contributed by atoms with Crippen LogP contribution in [0.15, 0.2) is 57.0 Å². The largest absolute Gasteiger partial charge is 0.452 e. The summed E-state index contributed by atoms with van der Waals surface area (Å²) in [4.78, 5) is 42.9. The van der Waals surface area contributed by atoms with Crippen molar-refractivity contribution in [3.63, 3.8) is 0 Å². The van der Waals surface area contributed by atoms with Crippen molar-refractivity contribution in [1.82, 2.24) is 15.2 Å². The van der Waals surface area contributed by atoms with E-state index in [1.54, 1.807) is 24.4 Å². The van der Waals surface area contributed by atoms with Gasteiger partial charge in [-0.1, -0.05) is 23.9 Å². The molecule has 160 valence electrons. The molecule has 0 spiro atoms. The van der Waals surface area contributed by atoms with Gasteiger partial charge in [-0.3, -0.25) is 9.59 Å². The molecule has 1 N–H and O–H groups in total. The summed E-state index contributed by atoms with van der Waals surface area (Å²) in [5.41, 5.74) is -0.0495. The number of aromatic nitrogens is 1. The Bertz CT molecular complexity index is 913. The third kappa shape index (κ3) is 7.79. The van der Waals surface area contributed by atoms with Crippen molar-refractivity contribution in [1.29, 1.82) is 0 Å². The highest BCUT2D eigenvalue weighted by molar-refractivity contribution is 9.10. The minimum Gasteiger partial charge on any atom is -0.452 e. The van der Waals surface area contributed by atoms with Crippen molar-refractivity contribution >= 4 is 45.5 Å². The average Bonchev–Trinajstić information content (AvgIpc) is 2.66. The van der Waals surface area contributed by atoms with E-state index in [1.807, 2.05) is 39.0 Å². The minimum absolute atomic E-state index is 0.116. The van der Waals surface area contributed by atoms with E-state index >= 15 is 0 Å². The Morgan fingerprint density at radius 1 is 1.17 bits per heavy atom. The highest BCUT2D eigenvalue weighted by Gasteiger charge is 2.20. The average molecular weight is 494 g/mol. The fourth-order valence-corrected chi connectivity index (χ4v) is 3.45. The van der Waals surface area contributed by atoms with Gasteiger partial charge in [0.1, 0.15) is 5.03 Å². The molecule has 0 radical (unpaired) electrons. The third-order valence-electron chi connectivity index (χ3n) is 3.67. The van der Waals surface area contributed by atoms with Crippen LogP contribution in [0.25, 0.3) is 0 Å². The molecule has 30 heavy (non-hydrogen) atoms. The molecular weight excluding hydrogens is 470 g/mol. The van der Waals surface area contributed by atoms with Crippen molar-refractivity contribution in [3.8, 4) is 0 Å². The molecule has 0 saturated heterocycles. The molecule has 0 aliphatic carbocycles. The van der Waals surface area contributed by atoms with Crippen LogP contribution in [0.3, 0.4) is 0 Å². The Labute approximate surface area is 188 Å². The number of hydrogen-bond donors (Lipinski definition) is 1.